The lowest BCUT2D eigenvalue weighted by Crippen LogP contribution is -2.43. The smallest absolute Gasteiger partial charge is 0.236 e. The maximum absolute atomic E-state index is 11.4. The molecule has 0 aromatic carbocycles. The van der Waals surface area contributed by atoms with Gasteiger partial charge in [-0.15, -0.1) is 0 Å². The van der Waals surface area contributed by atoms with Gasteiger partial charge in [0.1, 0.15) is 0 Å². The van der Waals surface area contributed by atoms with Crippen molar-refractivity contribution in [3.8, 4) is 0 Å². The molecule has 1 aliphatic heterocycles. The Labute approximate surface area is 97.6 Å². The predicted molar refractivity (Wildman–Crippen MR) is 64.3 cm³/mol. The maximum atomic E-state index is 11.4. The van der Waals surface area contributed by atoms with Crippen LogP contribution < -0.4 is 16.0 Å². The summed E-state index contributed by atoms with van der Waals surface area (Å²) in [5, 5.41) is 9.67. The van der Waals surface area contributed by atoms with E-state index < -0.39 is 0 Å². The highest BCUT2D eigenvalue weighted by Gasteiger charge is 2.28. The first-order valence-electron chi connectivity index (χ1n) is 6.50. The van der Waals surface area contributed by atoms with Crippen molar-refractivity contribution in [2.45, 2.75) is 56.7 Å². The average molecular weight is 225 g/mol. The Bertz CT molecular complexity index is 240. The molecule has 1 saturated heterocycles. The molecule has 2 aliphatic rings. The van der Waals surface area contributed by atoms with E-state index in [9.17, 15) is 4.79 Å². The number of hydrogen-bond donors (Lipinski definition) is 3. The van der Waals surface area contributed by atoms with Crippen molar-refractivity contribution in [1.82, 2.24) is 16.0 Å². The third-order valence-corrected chi connectivity index (χ3v) is 3.83. The molecule has 2 fully saturated rings. The fourth-order valence-corrected chi connectivity index (χ4v) is 2.50. The summed E-state index contributed by atoms with van der Waals surface area (Å²) >= 11 is 0. The first kappa shape index (κ1) is 11.9. The predicted octanol–water partition coefficient (Wildman–Crippen LogP) is 0.385. The number of rotatable bonds is 5. The second kappa shape index (κ2) is 5.64. The van der Waals surface area contributed by atoms with Crippen LogP contribution in [0.15, 0.2) is 0 Å². The first-order valence-corrected chi connectivity index (χ1v) is 6.50. The van der Waals surface area contributed by atoms with Gasteiger partial charge in [-0.05, 0) is 38.6 Å². The van der Waals surface area contributed by atoms with E-state index in [2.05, 4.69) is 16.0 Å². The largest absolute Gasteiger partial charge is 0.358 e. The maximum Gasteiger partial charge on any atom is 0.236 e. The second-order valence-corrected chi connectivity index (χ2v) is 4.98. The van der Waals surface area contributed by atoms with Gasteiger partial charge in [-0.1, -0.05) is 6.42 Å². The molecule has 1 saturated carbocycles. The van der Waals surface area contributed by atoms with E-state index in [0.717, 1.165) is 31.8 Å². The first-order chi connectivity index (χ1) is 7.79. The Morgan fingerprint density at radius 2 is 2.12 bits per heavy atom. The quantitative estimate of drug-likeness (QED) is 0.634. The molecule has 0 radical (unpaired) electrons. The van der Waals surface area contributed by atoms with Gasteiger partial charge in [0.2, 0.25) is 5.91 Å². The van der Waals surface area contributed by atoms with Crippen molar-refractivity contribution in [3.63, 3.8) is 0 Å². The van der Waals surface area contributed by atoms with Gasteiger partial charge >= 0.3 is 0 Å². The third kappa shape index (κ3) is 2.95. The second-order valence-electron chi connectivity index (χ2n) is 4.98. The molecule has 0 bridgehead atoms. The molecule has 1 aliphatic carbocycles. The summed E-state index contributed by atoms with van der Waals surface area (Å²) in [6.07, 6.45) is 7.33. The van der Waals surface area contributed by atoms with Crippen molar-refractivity contribution in [3.05, 3.63) is 0 Å². The number of amides is 1. The molecule has 4 nitrogen and oxygen atoms in total. The zero-order valence-electron chi connectivity index (χ0n) is 10.1. The Morgan fingerprint density at radius 3 is 2.75 bits per heavy atom. The van der Waals surface area contributed by atoms with Gasteiger partial charge in [-0.3, -0.25) is 4.79 Å². The number of nitrogens with one attached hydrogen (secondary N) is 3. The number of carbonyl (C=O) groups is 1. The fourth-order valence-electron chi connectivity index (χ4n) is 2.50. The van der Waals surface area contributed by atoms with Gasteiger partial charge in [-0.25, -0.2) is 0 Å². The minimum absolute atomic E-state index is 0.0405. The molecular weight excluding hydrogens is 202 g/mol. The van der Waals surface area contributed by atoms with Crippen LogP contribution in [-0.2, 0) is 4.79 Å². The molecule has 0 aromatic heterocycles. The average Bonchev–Trinajstić information content (AvgIpc) is 2.69. The van der Waals surface area contributed by atoms with Gasteiger partial charge < -0.3 is 16.0 Å². The van der Waals surface area contributed by atoms with Gasteiger partial charge in [0.25, 0.3) is 0 Å². The summed E-state index contributed by atoms with van der Waals surface area (Å²) < 4.78 is 0. The molecule has 4 heteroatoms. The van der Waals surface area contributed by atoms with Crippen LogP contribution in [-0.4, -0.2) is 37.6 Å². The van der Waals surface area contributed by atoms with Crippen LogP contribution >= 0.6 is 0 Å². The Morgan fingerprint density at radius 1 is 1.31 bits per heavy atom. The third-order valence-electron chi connectivity index (χ3n) is 3.83. The van der Waals surface area contributed by atoms with Crippen LogP contribution in [0.25, 0.3) is 0 Å². The lowest BCUT2D eigenvalue weighted by Gasteiger charge is -2.27. The van der Waals surface area contributed by atoms with Crippen molar-refractivity contribution >= 4 is 5.91 Å². The van der Waals surface area contributed by atoms with E-state index in [1.165, 1.54) is 19.3 Å². The topological polar surface area (TPSA) is 53.2 Å². The highest BCUT2D eigenvalue weighted by atomic mass is 16.2. The van der Waals surface area contributed by atoms with Crippen molar-refractivity contribution in [2.24, 2.45) is 0 Å². The Kier molecular flexibility index (Phi) is 4.18. The summed E-state index contributed by atoms with van der Waals surface area (Å²) in [4.78, 5) is 11.4. The fraction of sp³-hybridized carbons (Fsp3) is 0.917. The van der Waals surface area contributed by atoms with Gasteiger partial charge in [0.05, 0.1) is 6.04 Å². The number of likely N-dealkylation sites (N-methyl/N-ethyl adjacent to an activating group) is 1. The van der Waals surface area contributed by atoms with Crippen LogP contribution in [0.4, 0.5) is 0 Å². The Hall–Kier alpha value is -0.610. The molecular formula is C12H23N3O. The standard InChI is InChI=1S/C12H23N3O/c1-13-12(16)11-6-5-10(15-11)7-8-14-9-3-2-4-9/h9-11,14-15H,2-8H2,1H3,(H,13,16). The van der Waals surface area contributed by atoms with Gasteiger partial charge in [0, 0.05) is 19.1 Å². The van der Waals surface area contributed by atoms with Crippen LogP contribution in [0.5, 0.6) is 0 Å². The normalized spacial score (nSPS) is 30.1. The molecule has 0 spiro atoms. The summed E-state index contributed by atoms with van der Waals surface area (Å²) in [5.41, 5.74) is 0. The summed E-state index contributed by atoms with van der Waals surface area (Å²) in [5.74, 6) is 0.134. The minimum Gasteiger partial charge on any atom is -0.358 e. The molecule has 92 valence electrons. The van der Waals surface area contributed by atoms with Gasteiger partial charge in [0.15, 0.2) is 0 Å². The van der Waals surface area contributed by atoms with Crippen molar-refractivity contribution in [2.75, 3.05) is 13.6 Å². The van der Waals surface area contributed by atoms with Crippen molar-refractivity contribution < 1.29 is 4.79 Å². The summed E-state index contributed by atoms with van der Waals surface area (Å²) in [6.45, 7) is 1.09. The zero-order chi connectivity index (χ0) is 11.4. The highest BCUT2D eigenvalue weighted by Crippen LogP contribution is 2.19. The molecule has 1 heterocycles. The van der Waals surface area contributed by atoms with Crippen LogP contribution in [0.2, 0.25) is 0 Å². The van der Waals surface area contributed by atoms with E-state index in [0.29, 0.717) is 6.04 Å². The van der Waals surface area contributed by atoms with Crippen molar-refractivity contribution in [1.29, 1.82) is 0 Å². The van der Waals surface area contributed by atoms with E-state index >= 15 is 0 Å². The molecule has 2 rings (SSSR count). The van der Waals surface area contributed by atoms with E-state index in [4.69, 9.17) is 0 Å². The SMILES string of the molecule is CNC(=O)C1CCC(CCNC2CCC2)N1. The molecule has 2 unspecified atom stereocenters. The zero-order valence-corrected chi connectivity index (χ0v) is 10.1. The van der Waals surface area contributed by atoms with E-state index in [-0.39, 0.29) is 11.9 Å². The molecule has 0 aromatic rings. The van der Waals surface area contributed by atoms with Crippen LogP contribution in [0, 0.1) is 0 Å². The van der Waals surface area contributed by atoms with E-state index in [1.807, 2.05) is 0 Å². The van der Waals surface area contributed by atoms with Crippen LogP contribution in [0.3, 0.4) is 0 Å². The number of hydrogen-bond acceptors (Lipinski definition) is 3. The van der Waals surface area contributed by atoms with Gasteiger partial charge in [-0.2, -0.15) is 0 Å². The van der Waals surface area contributed by atoms with E-state index in [1.54, 1.807) is 7.05 Å². The summed E-state index contributed by atoms with van der Waals surface area (Å²) in [6, 6.07) is 1.34. The lowest BCUT2D eigenvalue weighted by atomic mass is 9.93. The summed E-state index contributed by atoms with van der Waals surface area (Å²) in [7, 11) is 1.70. The molecule has 2 atom stereocenters. The van der Waals surface area contributed by atoms with Crippen LogP contribution in [0.1, 0.15) is 38.5 Å². The molecule has 3 N–H and O–H groups in total. The molecule has 1 amide bonds. The Balaban J connectivity index is 1.58. The highest BCUT2D eigenvalue weighted by molar-refractivity contribution is 5.81. The minimum atomic E-state index is 0.0405. The monoisotopic (exact) mass is 225 g/mol. The molecule has 16 heavy (non-hydrogen) atoms. The number of carbonyl (C=O) groups excluding carboxylic acids is 1. The lowest BCUT2D eigenvalue weighted by molar-refractivity contribution is -0.122.